The van der Waals surface area contributed by atoms with Crippen LogP contribution in [0.1, 0.15) is 27.8 Å². The van der Waals surface area contributed by atoms with Crippen LogP contribution < -0.4 is 10.1 Å². The van der Waals surface area contributed by atoms with Gasteiger partial charge in [0, 0.05) is 19.7 Å². The molecule has 0 spiro atoms. The summed E-state index contributed by atoms with van der Waals surface area (Å²) in [6.07, 6.45) is 0. The molecule has 1 aliphatic heterocycles. The molecule has 0 saturated carbocycles. The van der Waals surface area contributed by atoms with Crippen LogP contribution in [0.25, 0.3) is 10.8 Å². The third kappa shape index (κ3) is 3.01. The van der Waals surface area contributed by atoms with Crippen LogP contribution in [-0.2, 0) is 6.54 Å². The van der Waals surface area contributed by atoms with Crippen LogP contribution in [0.4, 0.5) is 5.82 Å². The van der Waals surface area contributed by atoms with Gasteiger partial charge in [-0.3, -0.25) is 14.3 Å². The molecule has 7 heteroatoms. The van der Waals surface area contributed by atoms with Crippen LogP contribution in [-0.4, -0.2) is 46.7 Å². The molecule has 4 rings (SSSR count). The second-order valence-electron chi connectivity index (χ2n) is 6.41. The molecule has 0 aliphatic carbocycles. The predicted molar refractivity (Wildman–Crippen MR) is 102 cm³/mol. The van der Waals surface area contributed by atoms with Crippen molar-refractivity contribution >= 4 is 28.4 Å². The summed E-state index contributed by atoms with van der Waals surface area (Å²) in [5.74, 6) is 0.462. The average Bonchev–Trinajstić information content (AvgIpc) is 3.08. The number of benzene rings is 2. The second-order valence-corrected chi connectivity index (χ2v) is 6.41. The van der Waals surface area contributed by atoms with Crippen molar-refractivity contribution in [2.75, 3.05) is 25.5 Å². The molecule has 0 radical (unpaired) electrons. The summed E-state index contributed by atoms with van der Waals surface area (Å²) in [4.78, 5) is 26.9. The Labute approximate surface area is 156 Å². The van der Waals surface area contributed by atoms with Gasteiger partial charge in [-0.05, 0) is 23.8 Å². The molecule has 2 heterocycles. The largest absolute Gasteiger partial charge is 0.493 e. The fraction of sp³-hybridized carbons (Fsp3) is 0.250. The maximum atomic E-state index is 13.0. The minimum absolute atomic E-state index is 0.102. The zero-order valence-electron chi connectivity index (χ0n) is 15.2. The smallest absolute Gasteiger partial charge is 0.272 e. The van der Waals surface area contributed by atoms with Crippen molar-refractivity contribution in [1.82, 2.24) is 14.7 Å². The monoisotopic (exact) mass is 364 g/mol. The van der Waals surface area contributed by atoms with E-state index in [0.29, 0.717) is 42.5 Å². The van der Waals surface area contributed by atoms with Gasteiger partial charge in [0.05, 0.1) is 18.7 Å². The van der Waals surface area contributed by atoms with E-state index < -0.39 is 0 Å². The lowest BCUT2D eigenvalue weighted by Gasteiger charge is -2.22. The Bertz CT molecular complexity index is 1040. The fourth-order valence-corrected chi connectivity index (χ4v) is 3.30. The Morgan fingerprint density at radius 1 is 1.22 bits per heavy atom. The lowest BCUT2D eigenvalue weighted by molar-refractivity contribution is 0.0742. The molecule has 27 heavy (non-hydrogen) atoms. The van der Waals surface area contributed by atoms with Gasteiger partial charge < -0.3 is 15.0 Å². The molecule has 1 N–H and O–H groups in total. The molecule has 0 atom stereocenters. The average molecular weight is 364 g/mol. The van der Waals surface area contributed by atoms with E-state index >= 15 is 0 Å². The molecule has 2 amide bonds. The van der Waals surface area contributed by atoms with E-state index in [1.165, 1.54) is 0 Å². The molecule has 0 unspecified atom stereocenters. The number of amides is 2. The zero-order chi connectivity index (χ0) is 19.0. The Balaban J connectivity index is 1.71. The molecule has 0 fully saturated rings. The molecule has 0 bridgehead atoms. The number of ether oxygens (including phenoxy) is 1. The highest BCUT2D eigenvalue weighted by Gasteiger charge is 2.25. The maximum Gasteiger partial charge on any atom is 0.272 e. The van der Waals surface area contributed by atoms with Crippen LogP contribution in [0.5, 0.6) is 5.75 Å². The van der Waals surface area contributed by atoms with Crippen molar-refractivity contribution in [1.29, 1.82) is 0 Å². The minimum Gasteiger partial charge on any atom is -0.493 e. The van der Waals surface area contributed by atoms with Crippen LogP contribution in [0.2, 0.25) is 0 Å². The first-order chi connectivity index (χ1) is 13.1. The van der Waals surface area contributed by atoms with Gasteiger partial charge in [0.2, 0.25) is 0 Å². The van der Waals surface area contributed by atoms with E-state index in [1.807, 2.05) is 37.3 Å². The SMILES string of the molecule is CCOc1ccc2ccccc2c1C(=O)Nc1cc2n(n1)CCN(C)C2=O. The third-order valence-corrected chi connectivity index (χ3v) is 4.65. The second kappa shape index (κ2) is 6.75. The van der Waals surface area contributed by atoms with Crippen molar-refractivity contribution < 1.29 is 14.3 Å². The molecule has 0 saturated heterocycles. The fourth-order valence-electron chi connectivity index (χ4n) is 3.30. The summed E-state index contributed by atoms with van der Waals surface area (Å²) in [6.45, 7) is 3.53. The first-order valence-electron chi connectivity index (χ1n) is 8.87. The topological polar surface area (TPSA) is 76.5 Å². The van der Waals surface area contributed by atoms with Crippen LogP contribution in [0.3, 0.4) is 0 Å². The van der Waals surface area contributed by atoms with Crippen molar-refractivity contribution in [3.63, 3.8) is 0 Å². The van der Waals surface area contributed by atoms with E-state index in [1.54, 1.807) is 28.8 Å². The van der Waals surface area contributed by atoms with E-state index in [2.05, 4.69) is 10.4 Å². The molecule has 138 valence electrons. The van der Waals surface area contributed by atoms with Crippen molar-refractivity contribution in [3.8, 4) is 5.75 Å². The number of fused-ring (bicyclic) bond motifs is 2. The summed E-state index contributed by atoms with van der Waals surface area (Å²) in [5.41, 5.74) is 0.936. The first-order valence-corrected chi connectivity index (χ1v) is 8.87. The van der Waals surface area contributed by atoms with E-state index in [-0.39, 0.29) is 11.8 Å². The molecule has 3 aromatic rings. The number of hydrogen-bond acceptors (Lipinski definition) is 4. The summed E-state index contributed by atoms with van der Waals surface area (Å²) in [7, 11) is 1.75. The number of carbonyl (C=O) groups excluding carboxylic acids is 2. The van der Waals surface area contributed by atoms with Crippen molar-refractivity contribution in [2.24, 2.45) is 0 Å². The van der Waals surface area contributed by atoms with Gasteiger partial charge in [-0.25, -0.2) is 0 Å². The number of carbonyl (C=O) groups is 2. The Kier molecular flexibility index (Phi) is 4.27. The van der Waals surface area contributed by atoms with Crippen molar-refractivity contribution in [3.05, 3.63) is 53.7 Å². The standard InChI is InChI=1S/C20H20N4O3/c1-3-27-16-9-8-13-6-4-5-7-14(13)18(16)19(25)21-17-12-15-20(26)23(2)10-11-24(15)22-17/h4-9,12H,3,10-11H2,1-2H3,(H,21,22,25). The first kappa shape index (κ1) is 17.1. The van der Waals surface area contributed by atoms with Crippen LogP contribution >= 0.6 is 0 Å². The molecule has 1 aromatic heterocycles. The number of rotatable bonds is 4. The molecular formula is C20H20N4O3. The quantitative estimate of drug-likeness (QED) is 0.772. The highest BCUT2D eigenvalue weighted by Crippen LogP contribution is 2.29. The molecule has 2 aromatic carbocycles. The lowest BCUT2D eigenvalue weighted by Crippen LogP contribution is -2.37. The highest BCUT2D eigenvalue weighted by atomic mass is 16.5. The maximum absolute atomic E-state index is 13.0. The van der Waals surface area contributed by atoms with Gasteiger partial charge in [-0.1, -0.05) is 30.3 Å². The number of nitrogens with zero attached hydrogens (tertiary/aromatic N) is 3. The van der Waals surface area contributed by atoms with Crippen LogP contribution in [0, 0.1) is 0 Å². The molecular weight excluding hydrogens is 344 g/mol. The third-order valence-electron chi connectivity index (χ3n) is 4.65. The summed E-state index contributed by atoms with van der Waals surface area (Å²) < 4.78 is 7.30. The Morgan fingerprint density at radius 2 is 2.04 bits per heavy atom. The normalized spacial score (nSPS) is 13.6. The van der Waals surface area contributed by atoms with Gasteiger partial charge in [0.25, 0.3) is 11.8 Å². The van der Waals surface area contributed by atoms with Gasteiger partial charge in [-0.2, -0.15) is 5.10 Å². The number of anilines is 1. The van der Waals surface area contributed by atoms with Gasteiger partial charge in [0.15, 0.2) is 5.82 Å². The van der Waals surface area contributed by atoms with E-state index in [9.17, 15) is 9.59 Å². The van der Waals surface area contributed by atoms with Gasteiger partial charge in [-0.15, -0.1) is 0 Å². The van der Waals surface area contributed by atoms with Gasteiger partial charge in [0.1, 0.15) is 11.4 Å². The van der Waals surface area contributed by atoms with E-state index in [4.69, 9.17) is 4.74 Å². The van der Waals surface area contributed by atoms with E-state index in [0.717, 1.165) is 10.8 Å². The number of hydrogen-bond donors (Lipinski definition) is 1. The summed E-state index contributed by atoms with van der Waals surface area (Å²) in [5, 5.41) is 8.93. The Morgan fingerprint density at radius 3 is 2.85 bits per heavy atom. The van der Waals surface area contributed by atoms with Crippen molar-refractivity contribution in [2.45, 2.75) is 13.5 Å². The number of nitrogens with one attached hydrogen (secondary N) is 1. The summed E-state index contributed by atoms with van der Waals surface area (Å²) >= 11 is 0. The minimum atomic E-state index is -0.313. The number of aromatic nitrogens is 2. The van der Waals surface area contributed by atoms with Gasteiger partial charge >= 0.3 is 0 Å². The lowest BCUT2D eigenvalue weighted by atomic mass is 10.0. The molecule has 1 aliphatic rings. The summed E-state index contributed by atoms with van der Waals surface area (Å²) in [6, 6.07) is 13.0. The number of likely N-dealkylation sites (N-methyl/N-ethyl adjacent to an activating group) is 1. The highest BCUT2D eigenvalue weighted by molar-refractivity contribution is 6.15. The molecule has 7 nitrogen and oxygen atoms in total. The van der Waals surface area contributed by atoms with Crippen LogP contribution in [0.15, 0.2) is 42.5 Å². The predicted octanol–water partition coefficient (Wildman–Crippen LogP) is 2.77. The zero-order valence-corrected chi connectivity index (χ0v) is 15.2. The Hall–Kier alpha value is -3.35.